The van der Waals surface area contributed by atoms with Crippen LogP contribution in [-0.4, -0.2) is 52.6 Å². The summed E-state index contributed by atoms with van der Waals surface area (Å²) >= 11 is 0. The van der Waals surface area contributed by atoms with Crippen LogP contribution in [0.2, 0.25) is 0 Å². The molecule has 0 unspecified atom stereocenters. The highest BCUT2D eigenvalue weighted by molar-refractivity contribution is 7.86. The van der Waals surface area contributed by atoms with E-state index in [-0.39, 0.29) is 0 Å². The second-order valence-corrected chi connectivity index (χ2v) is 11.4. The largest absolute Gasteiger partial charge is 0.378 e. The van der Waals surface area contributed by atoms with Gasteiger partial charge in [-0.25, -0.2) is 0 Å². The van der Waals surface area contributed by atoms with Crippen LogP contribution in [0, 0.1) is 0 Å². The molecule has 2 saturated heterocycles. The van der Waals surface area contributed by atoms with Crippen LogP contribution in [0.5, 0.6) is 0 Å². The van der Waals surface area contributed by atoms with Crippen molar-refractivity contribution in [1.82, 2.24) is 0 Å². The number of ether oxygens (including phenoxy) is 2. The van der Waals surface area contributed by atoms with Gasteiger partial charge < -0.3 is 29.2 Å². The minimum absolute atomic E-state index is 0.720. The predicted octanol–water partition coefficient (Wildman–Crippen LogP) is 3.06. The molecule has 3 aliphatic rings. The summed E-state index contributed by atoms with van der Waals surface area (Å²) in [5.74, 6) is 0. The minimum atomic E-state index is -3.08. The molecule has 0 saturated carbocycles. The minimum Gasteiger partial charge on any atom is -0.378 e. The van der Waals surface area contributed by atoms with Crippen molar-refractivity contribution in [3.8, 4) is 0 Å². The molecule has 1 N–H and O–H groups in total. The van der Waals surface area contributed by atoms with Crippen molar-refractivity contribution in [2.24, 2.45) is 0 Å². The van der Waals surface area contributed by atoms with Crippen molar-refractivity contribution >= 4 is 45.8 Å². The Morgan fingerprint density at radius 1 is 0.667 bits per heavy atom. The van der Waals surface area contributed by atoms with Crippen molar-refractivity contribution in [3.63, 3.8) is 0 Å². The maximum Gasteiger partial charge on any atom is 0.175 e. The maximum atomic E-state index is 15.2. The highest BCUT2D eigenvalue weighted by atomic mass is 31.2. The van der Waals surface area contributed by atoms with Gasteiger partial charge in [-0.05, 0) is 36.4 Å². The van der Waals surface area contributed by atoms with Gasteiger partial charge in [0, 0.05) is 53.5 Å². The Kier molecular flexibility index (Phi) is 5.37. The number of fused-ring (bicyclic) bond motifs is 2. The summed E-state index contributed by atoms with van der Waals surface area (Å²) in [5, 5.41) is 6.19. The van der Waals surface area contributed by atoms with Gasteiger partial charge in [-0.15, -0.1) is 0 Å². The van der Waals surface area contributed by atoms with Crippen molar-refractivity contribution in [1.29, 1.82) is 0 Å². The van der Waals surface area contributed by atoms with E-state index < -0.39 is 7.14 Å². The zero-order valence-corrected chi connectivity index (χ0v) is 19.5. The van der Waals surface area contributed by atoms with Gasteiger partial charge in [0.15, 0.2) is 7.14 Å². The average molecular weight is 462 g/mol. The molecule has 3 aromatic rings. The lowest BCUT2D eigenvalue weighted by Gasteiger charge is -2.35. The smallest absolute Gasteiger partial charge is 0.175 e. The lowest BCUT2D eigenvalue weighted by Crippen LogP contribution is -2.38. The van der Waals surface area contributed by atoms with Gasteiger partial charge >= 0.3 is 0 Å². The zero-order valence-electron chi connectivity index (χ0n) is 18.6. The maximum absolute atomic E-state index is 15.2. The van der Waals surface area contributed by atoms with Gasteiger partial charge in [-0.3, -0.25) is 0 Å². The number of benzene rings is 3. The van der Waals surface area contributed by atoms with Gasteiger partial charge in [0.25, 0.3) is 0 Å². The van der Waals surface area contributed by atoms with Gasteiger partial charge in [-0.2, -0.15) is 0 Å². The van der Waals surface area contributed by atoms with Crippen LogP contribution in [0.25, 0.3) is 0 Å². The number of hydrogen-bond donors (Lipinski definition) is 1. The van der Waals surface area contributed by atoms with Crippen LogP contribution in [-0.2, 0) is 14.0 Å². The number of nitrogens with zero attached hydrogens (tertiary/aromatic N) is 2. The van der Waals surface area contributed by atoms with E-state index in [0.717, 1.165) is 91.3 Å². The Morgan fingerprint density at radius 3 is 1.64 bits per heavy atom. The molecule has 6 nitrogen and oxygen atoms in total. The van der Waals surface area contributed by atoms with E-state index in [9.17, 15) is 0 Å². The van der Waals surface area contributed by atoms with Crippen LogP contribution in [0.3, 0.4) is 0 Å². The third-order valence-corrected chi connectivity index (χ3v) is 9.91. The molecule has 2 fully saturated rings. The van der Waals surface area contributed by atoms with Crippen LogP contribution >= 0.6 is 7.14 Å². The number of morpholine rings is 2. The second-order valence-electron chi connectivity index (χ2n) is 8.67. The van der Waals surface area contributed by atoms with E-state index >= 15 is 4.57 Å². The van der Waals surface area contributed by atoms with Crippen LogP contribution in [0.4, 0.5) is 22.7 Å². The molecule has 3 aromatic carbocycles. The van der Waals surface area contributed by atoms with E-state index in [2.05, 4.69) is 51.5 Å². The first-order chi connectivity index (χ1) is 16.2. The van der Waals surface area contributed by atoms with Gasteiger partial charge in [0.1, 0.15) is 0 Å². The quantitative estimate of drug-likeness (QED) is 0.474. The molecule has 0 aromatic heterocycles. The molecular formula is C26H28N3O3P. The highest BCUT2D eigenvalue weighted by Gasteiger charge is 2.38. The molecule has 3 heterocycles. The SMILES string of the molecule is O=P1(c2ccccc2)c2cc(N3CCOCC3)ccc2Nc2ccc(N3CCOCC3)cc21. The molecule has 33 heavy (non-hydrogen) atoms. The Bertz CT molecular complexity index is 1130. The van der Waals surface area contributed by atoms with Crippen LogP contribution in [0.1, 0.15) is 0 Å². The zero-order chi connectivity index (χ0) is 22.3. The average Bonchev–Trinajstić information content (AvgIpc) is 2.90. The first kappa shape index (κ1) is 20.8. The fraction of sp³-hybridized carbons (Fsp3) is 0.308. The Morgan fingerprint density at radius 2 is 1.15 bits per heavy atom. The summed E-state index contributed by atoms with van der Waals surface area (Å²) in [7, 11) is -3.08. The fourth-order valence-corrected chi connectivity index (χ4v) is 7.98. The van der Waals surface area contributed by atoms with Crippen molar-refractivity contribution in [2.75, 3.05) is 67.7 Å². The van der Waals surface area contributed by atoms with Gasteiger partial charge in [0.2, 0.25) is 0 Å². The van der Waals surface area contributed by atoms with Crippen molar-refractivity contribution in [2.45, 2.75) is 0 Å². The number of hydrogen-bond acceptors (Lipinski definition) is 6. The monoisotopic (exact) mass is 461 g/mol. The third kappa shape index (κ3) is 3.63. The van der Waals surface area contributed by atoms with Gasteiger partial charge in [0.05, 0.1) is 37.8 Å². The molecular weight excluding hydrogens is 433 g/mol. The molecule has 3 aliphatic heterocycles. The molecule has 7 heteroatoms. The number of anilines is 4. The molecule has 0 atom stereocenters. The third-order valence-electron chi connectivity index (χ3n) is 6.78. The predicted molar refractivity (Wildman–Crippen MR) is 135 cm³/mol. The van der Waals surface area contributed by atoms with E-state index in [1.54, 1.807) is 0 Å². The highest BCUT2D eigenvalue weighted by Crippen LogP contribution is 2.51. The van der Waals surface area contributed by atoms with E-state index in [1.165, 1.54) is 0 Å². The summed E-state index contributed by atoms with van der Waals surface area (Å²) < 4.78 is 26.3. The summed E-state index contributed by atoms with van der Waals surface area (Å²) in [6.07, 6.45) is 0. The van der Waals surface area contributed by atoms with Crippen LogP contribution < -0.4 is 31.0 Å². The number of rotatable bonds is 3. The molecule has 0 bridgehead atoms. The first-order valence-electron chi connectivity index (χ1n) is 11.6. The van der Waals surface area contributed by atoms with Crippen molar-refractivity contribution in [3.05, 3.63) is 66.7 Å². The molecule has 0 amide bonds. The summed E-state index contributed by atoms with van der Waals surface area (Å²) in [5.41, 5.74) is 4.04. The molecule has 0 spiro atoms. The lowest BCUT2D eigenvalue weighted by molar-refractivity contribution is 0.122. The standard InChI is InChI=1S/C26H28N3O3P/c30-33(22-4-2-1-3-5-22)25-18-20(28-10-14-31-15-11-28)6-8-23(25)27-24-9-7-21(19-26(24)33)29-12-16-32-17-13-29/h1-9,18-19,27H,10-17H2. The molecule has 170 valence electrons. The molecule has 0 aliphatic carbocycles. The van der Waals surface area contributed by atoms with E-state index in [4.69, 9.17) is 9.47 Å². The lowest BCUT2D eigenvalue weighted by atomic mass is 10.2. The van der Waals surface area contributed by atoms with E-state index in [0.29, 0.717) is 0 Å². The fourth-order valence-electron chi connectivity index (χ4n) is 5.00. The number of nitrogens with one attached hydrogen (secondary N) is 1. The first-order valence-corrected chi connectivity index (χ1v) is 13.3. The Labute approximate surface area is 194 Å². The second kappa shape index (κ2) is 8.53. The topological polar surface area (TPSA) is 54.0 Å². The molecule has 0 radical (unpaired) electrons. The van der Waals surface area contributed by atoms with Crippen molar-refractivity contribution < 1.29 is 14.0 Å². The Balaban J connectivity index is 1.51. The summed E-state index contributed by atoms with van der Waals surface area (Å²) in [6, 6.07) is 22.6. The summed E-state index contributed by atoms with van der Waals surface area (Å²) in [6.45, 7) is 6.27. The van der Waals surface area contributed by atoms with Gasteiger partial charge in [-0.1, -0.05) is 30.3 Å². The summed E-state index contributed by atoms with van der Waals surface area (Å²) in [4.78, 5) is 4.64. The molecule has 6 rings (SSSR count). The van der Waals surface area contributed by atoms with E-state index in [1.807, 2.05) is 30.3 Å². The normalized spacial score (nSPS) is 19.4. The van der Waals surface area contributed by atoms with Crippen LogP contribution in [0.15, 0.2) is 66.7 Å². The Hall–Kier alpha value is -2.79.